The zero-order chi connectivity index (χ0) is 36.3. The first-order valence-electron chi connectivity index (χ1n) is 12.8. The molecule has 1 aromatic heterocycles. The summed E-state index contributed by atoms with van der Waals surface area (Å²) in [4.78, 5) is 45.9. The zero-order valence-corrected chi connectivity index (χ0v) is 24.0. The average Bonchev–Trinajstić information content (AvgIpc) is 3.37. The maximum absolute atomic E-state index is 13.1. The Morgan fingerprint density at radius 2 is 1.19 bits per heavy atom. The van der Waals surface area contributed by atoms with Crippen LogP contribution in [0.2, 0.25) is 0 Å². The van der Waals surface area contributed by atoms with Gasteiger partial charge in [-0.1, -0.05) is 12.1 Å². The third-order valence-corrected chi connectivity index (χ3v) is 6.05. The summed E-state index contributed by atoms with van der Waals surface area (Å²) >= 11 is 0. The summed E-state index contributed by atoms with van der Waals surface area (Å²) in [5.41, 5.74) is 3.76. The minimum Gasteiger partial charge on any atom is -0.475 e. The number of aliphatic carboxylic acids is 3. The predicted molar refractivity (Wildman–Crippen MR) is 137 cm³/mol. The quantitative estimate of drug-likeness (QED) is 0.349. The molecule has 2 aliphatic heterocycles. The Balaban J connectivity index is 0.000000430. The molecule has 22 heteroatoms. The van der Waals surface area contributed by atoms with Gasteiger partial charge in [-0.05, 0) is 31.2 Å². The van der Waals surface area contributed by atoms with Gasteiger partial charge >= 0.3 is 36.4 Å². The van der Waals surface area contributed by atoms with Crippen molar-refractivity contribution in [2.24, 2.45) is 0 Å². The second-order valence-corrected chi connectivity index (χ2v) is 9.62. The maximum atomic E-state index is 13.1. The van der Waals surface area contributed by atoms with Crippen LogP contribution in [0, 0.1) is 5.82 Å². The number of carboxylic acid groups (broad SMARTS) is 3. The molecule has 0 saturated carbocycles. The Kier molecular flexibility index (Phi) is 14.6. The average molecular weight is 699 g/mol. The van der Waals surface area contributed by atoms with Crippen LogP contribution in [0.15, 0.2) is 24.3 Å². The van der Waals surface area contributed by atoms with Crippen LogP contribution in [0.3, 0.4) is 0 Å². The fourth-order valence-corrected chi connectivity index (χ4v) is 3.69. The van der Waals surface area contributed by atoms with Gasteiger partial charge in [0, 0.05) is 51.4 Å². The van der Waals surface area contributed by atoms with Gasteiger partial charge in [0.05, 0.1) is 5.69 Å². The number of halogens is 10. The SMILES string of the molecule is CN1CCN(C(=O)c2n[nH]c3c2CCN(Cc2ccc(F)cc2)C3)CC1.O=C(O)C(F)(F)F.O=C(O)C(F)(F)F.O=C(O)C(F)(F)F. The molecule has 0 unspecified atom stereocenters. The van der Waals surface area contributed by atoms with Gasteiger partial charge in [0.15, 0.2) is 5.69 Å². The van der Waals surface area contributed by atoms with Crippen molar-refractivity contribution < 1.29 is 78.4 Å². The van der Waals surface area contributed by atoms with Gasteiger partial charge in [-0.15, -0.1) is 0 Å². The van der Waals surface area contributed by atoms with E-state index in [1.54, 1.807) is 0 Å². The van der Waals surface area contributed by atoms with E-state index in [4.69, 9.17) is 29.7 Å². The number of piperazine rings is 1. The summed E-state index contributed by atoms with van der Waals surface area (Å²) in [6, 6.07) is 6.63. The van der Waals surface area contributed by atoms with Crippen molar-refractivity contribution >= 4 is 23.8 Å². The number of alkyl halides is 9. The largest absolute Gasteiger partial charge is 0.490 e. The summed E-state index contributed by atoms with van der Waals surface area (Å²) in [6.45, 7) is 5.69. The van der Waals surface area contributed by atoms with Gasteiger partial charge in [0.2, 0.25) is 0 Å². The van der Waals surface area contributed by atoms with E-state index in [0.717, 1.165) is 69.1 Å². The lowest BCUT2D eigenvalue weighted by atomic mass is 10.0. The second kappa shape index (κ2) is 16.9. The molecule has 12 nitrogen and oxygen atoms in total. The number of carbonyl (C=O) groups is 4. The minimum atomic E-state index is -5.08. The summed E-state index contributed by atoms with van der Waals surface area (Å²) in [7, 11) is 2.08. The molecule has 1 amide bonds. The van der Waals surface area contributed by atoms with Crippen LogP contribution in [-0.4, -0.2) is 122 Å². The number of amides is 1. The zero-order valence-electron chi connectivity index (χ0n) is 24.0. The predicted octanol–water partition coefficient (Wildman–Crippen LogP) is 3.39. The van der Waals surface area contributed by atoms with Gasteiger partial charge in [0.25, 0.3) is 5.91 Å². The lowest BCUT2D eigenvalue weighted by molar-refractivity contribution is -0.193. The summed E-state index contributed by atoms with van der Waals surface area (Å²) in [5.74, 6) is -8.44. The van der Waals surface area contributed by atoms with E-state index in [1.165, 1.54) is 12.1 Å². The van der Waals surface area contributed by atoms with E-state index in [0.29, 0.717) is 5.69 Å². The Bertz CT molecular complexity index is 1300. The van der Waals surface area contributed by atoms with E-state index in [1.807, 2.05) is 17.0 Å². The number of aromatic amines is 1. The van der Waals surface area contributed by atoms with Crippen molar-refractivity contribution in [2.75, 3.05) is 39.8 Å². The van der Waals surface area contributed by atoms with Crippen molar-refractivity contribution in [3.63, 3.8) is 0 Å². The van der Waals surface area contributed by atoms with E-state index in [2.05, 4.69) is 27.0 Å². The number of carbonyl (C=O) groups excluding carboxylic acids is 1. The van der Waals surface area contributed by atoms with Gasteiger partial charge < -0.3 is 25.1 Å². The molecule has 4 N–H and O–H groups in total. The number of fused-ring (bicyclic) bond motifs is 1. The van der Waals surface area contributed by atoms with E-state index in [9.17, 15) is 48.7 Å². The third kappa shape index (κ3) is 14.2. The molecule has 4 rings (SSSR count). The van der Waals surface area contributed by atoms with E-state index >= 15 is 0 Å². The summed E-state index contributed by atoms with van der Waals surface area (Å²) in [6.07, 6.45) is -14.4. The number of carboxylic acids is 3. The normalized spacial score (nSPS) is 15.4. The highest BCUT2D eigenvalue weighted by atomic mass is 19.4. The molecule has 0 atom stereocenters. The highest BCUT2D eigenvalue weighted by Crippen LogP contribution is 2.23. The molecule has 0 spiro atoms. The van der Waals surface area contributed by atoms with Crippen LogP contribution >= 0.6 is 0 Å². The Hall–Kier alpha value is -4.47. The fourth-order valence-electron chi connectivity index (χ4n) is 3.69. The number of H-pyrrole nitrogens is 1. The Labute approximate surface area is 258 Å². The van der Waals surface area contributed by atoms with Crippen LogP contribution < -0.4 is 0 Å². The highest BCUT2D eigenvalue weighted by Gasteiger charge is 2.39. The number of rotatable bonds is 3. The first-order valence-corrected chi connectivity index (χ1v) is 12.8. The van der Waals surface area contributed by atoms with Gasteiger partial charge in [-0.25, -0.2) is 18.8 Å². The number of nitrogens with zero attached hydrogens (tertiary/aromatic N) is 4. The molecular formula is C25H27F10N5O7. The topological polar surface area (TPSA) is 167 Å². The first kappa shape index (κ1) is 40.6. The summed E-state index contributed by atoms with van der Waals surface area (Å²) in [5, 5.41) is 28.8. The smallest absolute Gasteiger partial charge is 0.475 e. The number of benzene rings is 1. The van der Waals surface area contributed by atoms with Crippen molar-refractivity contribution in [3.8, 4) is 0 Å². The monoisotopic (exact) mass is 699 g/mol. The molecule has 0 bridgehead atoms. The van der Waals surface area contributed by atoms with Crippen molar-refractivity contribution in [3.05, 3.63) is 52.6 Å². The molecule has 0 radical (unpaired) electrons. The molecule has 264 valence electrons. The minimum absolute atomic E-state index is 0.0441. The number of hydrogen-bond donors (Lipinski definition) is 4. The molecule has 1 aromatic carbocycles. The Morgan fingerprint density at radius 1 is 0.766 bits per heavy atom. The van der Waals surface area contributed by atoms with Crippen LogP contribution in [0.5, 0.6) is 0 Å². The Morgan fingerprint density at radius 3 is 1.60 bits per heavy atom. The molecule has 2 aromatic rings. The molecule has 0 aliphatic carbocycles. The fraction of sp³-hybridized carbons (Fsp3) is 0.480. The first-order chi connectivity index (χ1) is 21.4. The van der Waals surface area contributed by atoms with Gasteiger partial charge in [0.1, 0.15) is 5.82 Å². The number of likely N-dealkylation sites (N-methyl/N-ethyl adjacent to an activating group) is 1. The third-order valence-electron chi connectivity index (χ3n) is 6.05. The molecule has 1 saturated heterocycles. The summed E-state index contributed by atoms with van der Waals surface area (Å²) < 4.78 is 108. The highest BCUT2D eigenvalue weighted by molar-refractivity contribution is 5.94. The van der Waals surface area contributed by atoms with Gasteiger partial charge in [-0.3, -0.25) is 14.8 Å². The van der Waals surface area contributed by atoms with Crippen molar-refractivity contribution in [1.82, 2.24) is 24.9 Å². The molecular weight excluding hydrogens is 672 g/mol. The maximum Gasteiger partial charge on any atom is 0.490 e. The number of hydrogen-bond acceptors (Lipinski definition) is 7. The van der Waals surface area contributed by atoms with Crippen LogP contribution in [0.1, 0.15) is 27.3 Å². The number of aromatic nitrogens is 2. The number of nitrogens with one attached hydrogen (secondary N) is 1. The molecule has 47 heavy (non-hydrogen) atoms. The van der Waals surface area contributed by atoms with Crippen LogP contribution in [-0.2, 0) is 33.9 Å². The molecule has 2 aliphatic rings. The molecule has 1 fully saturated rings. The van der Waals surface area contributed by atoms with Crippen molar-refractivity contribution in [2.45, 2.75) is 38.0 Å². The van der Waals surface area contributed by atoms with E-state index in [-0.39, 0.29) is 11.7 Å². The van der Waals surface area contributed by atoms with Crippen LogP contribution in [0.25, 0.3) is 0 Å². The lowest BCUT2D eigenvalue weighted by Gasteiger charge is -2.32. The van der Waals surface area contributed by atoms with Gasteiger partial charge in [-0.2, -0.15) is 44.6 Å². The second-order valence-electron chi connectivity index (χ2n) is 9.62. The standard InChI is InChI=1S/C19H24FN5O.3C2HF3O2/c1-23-8-10-25(11-9-23)19(26)18-16-6-7-24(13-17(16)21-22-18)12-14-2-4-15(20)5-3-14;3*3-2(4,5)1(6)7/h2-5H,6-13H2,1H3,(H,21,22);3*(H,6,7). The lowest BCUT2D eigenvalue weighted by Crippen LogP contribution is -2.47. The van der Waals surface area contributed by atoms with Crippen molar-refractivity contribution in [1.29, 1.82) is 0 Å². The molecule has 3 heterocycles. The van der Waals surface area contributed by atoms with Crippen LogP contribution in [0.4, 0.5) is 43.9 Å². The van der Waals surface area contributed by atoms with E-state index < -0.39 is 36.4 Å².